The predicted octanol–water partition coefficient (Wildman–Crippen LogP) is 2.37. The number of benzene rings is 1. The third kappa shape index (κ3) is 2.57. The zero-order valence-corrected chi connectivity index (χ0v) is 13.2. The Kier molecular flexibility index (Phi) is 3.99. The smallest absolute Gasteiger partial charge is 0.243 e. The number of nitrogens with zero attached hydrogens (tertiary/aromatic N) is 1. The van der Waals surface area contributed by atoms with Crippen LogP contribution in [0.25, 0.3) is 0 Å². The minimum absolute atomic E-state index is 0.213. The Hall–Kier alpha value is -0.330. The van der Waals surface area contributed by atoms with Gasteiger partial charge in [0.15, 0.2) is 0 Å². The van der Waals surface area contributed by atoms with Crippen LogP contribution >= 0.6 is 23.2 Å². The lowest BCUT2D eigenvalue weighted by atomic mass is 9.94. The molecule has 1 aromatic rings. The highest BCUT2D eigenvalue weighted by Crippen LogP contribution is 2.31. The second kappa shape index (κ2) is 5.46. The van der Waals surface area contributed by atoms with Crippen LogP contribution in [0.5, 0.6) is 0 Å². The molecule has 0 amide bonds. The molecule has 2 aliphatic rings. The van der Waals surface area contributed by atoms with Crippen molar-refractivity contribution in [1.29, 1.82) is 0 Å². The number of halogens is 2. The minimum atomic E-state index is -3.49. The van der Waals surface area contributed by atoms with Crippen molar-refractivity contribution in [3.05, 3.63) is 28.2 Å². The van der Waals surface area contributed by atoms with Gasteiger partial charge in [0.25, 0.3) is 0 Å². The quantitative estimate of drug-likeness (QED) is 0.903. The first kappa shape index (κ1) is 14.6. The fraction of sp³-hybridized carbons (Fsp3) is 0.538. The van der Waals surface area contributed by atoms with Crippen LogP contribution < -0.4 is 5.32 Å². The number of hydrogen-bond acceptors (Lipinski definition) is 3. The summed E-state index contributed by atoms with van der Waals surface area (Å²) >= 11 is 11.8. The van der Waals surface area contributed by atoms with Gasteiger partial charge >= 0.3 is 0 Å². The molecule has 3 rings (SSSR count). The van der Waals surface area contributed by atoms with Crippen LogP contribution in [0.3, 0.4) is 0 Å². The van der Waals surface area contributed by atoms with E-state index in [0.29, 0.717) is 24.0 Å². The van der Waals surface area contributed by atoms with Crippen molar-refractivity contribution in [2.45, 2.75) is 23.8 Å². The fourth-order valence-electron chi connectivity index (χ4n) is 2.99. The van der Waals surface area contributed by atoms with E-state index in [1.807, 2.05) is 0 Å². The molecule has 0 bridgehead atoms. The summed E-state index contributed by atoms with van der Waals surface area (Å²) in [7, 11) is -3.49. The molecule has 20 heavy (non-hydrogen) atoms. The summed E-state index contributed by atoms with van der Waals surface area (Å²) in [4.78, 5) is 0.213. The van der Waals surface area contributed by atoms with Crippen molar-refractivity contribution < 1.29 is 8.42 Å². The van der Waals surface area contributed by atoms with E-state index >= 15 is 0 Å². The van der Waals surface area contributed by atoms with Crippen molar-refractivity contribution >= 4 is 33.2 Å². The maximum Gasteiger partial charge on any atom is 0.243 e. The monoisotopic (exact) mass is 334 g/mol. The topological polar surface area (TPSA) is 49.4 Å². The number of nitrogens with one attached hydrogen (secondary N) is 1. The SMILES string of the molecule is O=S(=O)(c1ccc(Cl)c(Cl)c1)N1CC2CCCNC2C1. The Morgan fingerprint density at radius 2 is 2.00 bits per heavy atom. The van der Waals surface area contributed by atoms with Gasteiger partial charge in [-0.05, 0) is 43.5 Å². The van der Waals surface area contributed by atoms with Crippen LogP contribution in [0, 0.1) is 5.92 Å². The van der Waals surface area contributed by atoms with Gasteiger partial charge in [-0.2, -0.15) is 4.31 Å². The van der Waals surface area contributed by atoms with E-state index in [4.69, 9.17) is 23.2 Å². The largest absolute Gasteiger partial charge is 0.312 e. The molecule has 0 aromatic heterocycles. The first-order chi connectivity index (χ1) is 9.48. The summed E-state index contributed by atoms with van der Waals surface area (Å²) in [6.07, 6.45) is 2.20. The standard InChI is InChI=1S/C13H16Cl2N2O2S/c14-11-4-3-10(6-12(11)15)20(18,19)17-7-9-2-1-5-16-13(9)8-17/h3-4,6,9,13,16H,1-2,5,7-8H2. The second-order valence-electron chi connectivity index (χ2n) is 5.36. The Bertz CT molecular complexity index is 607. The molecule has 0 spiro atoms. The van der Waals surface area contributed by atoms with Crippen LogP contribution in [0.15, 0.2) is 23.1 Å². The van der Waals surface area contributed by atoms with Gasteiger partial charge in [-0.1, -0.05) is 23.2 Å². The van der Waals surface area contributed by atoms with Crippen LogP contribution in [0.4, 0.5) is 0 Å². The molecule has 4 nitrogen and oxygen atoms in total. The summed E-state index contributed by atoms with van der Waals surface area (Å²) in [6.45, 7) is 2.09. The van der Waals surface area contributed by atoms with Gasteiger partial charge in [-0.15, -0.1) is 0 Å². The van der Waals surface area contributed by atoms with Crippen molar-refractivity contribution in [3.8, 4) is 0 Å². The maximum absolute atomic E-state index is 12.6. The zero-order valence-electron chi connectivity index (χ0n) is 10.9. The van der Waals surface area contributed by atoms with Gasteiger partial charge in [0.1, 0.15) is 0 Å². The summed E-state index contributed by atoms with van der Waals surface area (Å²) in [5.74, 6) is 0.418. The molecule has 1 aromatic carbocycles. The van der Waals surface area contributed by atoms with Crippen molar-refractivity contribution in [2.75, 3.05) is 19.6 Å². The molecule has 2 atom stereocenters. The van der Waals surface area contributed by atoms with E-state index < -0.39 is 10.0 Å². The van der Waals surface area contributed by atoms with Gasteiger partial charge in [0.05, 0.1) is 14.9 Å². The Morgan fingerprint density at radius 3 is 2.70 bits per heavy atom. The molecule has 2 saturated heterocycles. The Morgan fingerprint density at radius 1 is 1.20 bits per heavy atom. The van der Waals surface area contributed by atoms with E-state index in [1.165, 1.54) is 18.2 Å². The highest BCUT2D eigenvalue weighted by molar-refractivity contribution is 7.89. The van der Waals surface area contributed by atoms with E-state index in [0.717, 1.165) is 19.4 Å². The third-order valence-corrected chi connectivity index (χ3v) is 6.66. The molecule has 0 saturated carbocycles. The summed E-state index contributed by atoms with van der Waals surface area (Å²) in [6, 6.07) is 4.74. The van der Waals surface area contributed by atoms with Crippen LogP contribution in [-0.2, 0) is 10.0 Å². The summed E-state index contributed by atoms with van der Waals surface area (Å²) in [5, 5.41) is 4.03. The van der Waals surface area contributed by atoms with Crippen LogP contribution in [0.1, 0.15) is 12.8 Å². The van der Waals surface area contributed by atoms with Gasteiger partial charge < -0.3 is 5.32 Å². The number of sulfonamides is 1. The molecule has 7 heteroatoms. The molecule has 2 fully saturated rings. The summed E-state index contributed by atoms with van der Waals surface area (Å²) in [5.41, 5.74) is 0. The van der Waals surface area contributed by atoms with E-state index in [9.17, 15) is 8.42 Å². The maximum atomic E-state index is 12.6. The van der Waals surface area contributed by atoms with Crippen molar-refractivity contribution in [2.24, 2.45) is 5.92 Å². The van der Waals surface area contributed by atoms with Gasteiger partial charge in [-0.25, -0.2) is 8.42 Å². The van der Waals surface area contributed by atoms with Crippen LogP contribution in [0.2, 0.25) is 10.0 Å². The predicted molar refractivity (Wildman–Crippen MR) is 79.7 cm³/mol. The molecular formula is C13H16Cl2N2O2S. The van der Waals surface area contributed by atoms with Gasteiger partial charge in [0, 0.05) is 19.1 Å². The minimum Gasteiger partial charge on any atom is -0.312 e. The average molecular weight is 335 g/mol. The van der Waals surface area contributed by atoms with E-state index in [-0.39, 0.29) is 16.0 Å². The molecule has 2 unspecified atom stereocenters. The normalized spacial score (nSPS) is 27.5. The van der Waals surface area contributed by atoms with E-state index in [2.05, 4.69) is 5.32 Å². The lowest BCUT2D eigenvalue weighted by molar-refractivity contribution is 0.339. The van der Waals surface area contributed by atoms with Gasteiger partial charge in [0.2, 0.25) is 10.0 Å². The number of fused-ring (bicyclic) bond motifs is 1. The zero-order chi connectivity index (χ0) is 14.3. The number of piperidine rings is 1. The molecule has 0 radical (unpaired) electrons. The molecule has 2 heterocycles. The number of rotatable bonds is 2. The second-order valence-corrected chi connectivity index (χ2v) is 8.11. The van der Waals surface area contributed by atoms with E-state index in [1.54, 1.807) is 4.31 Å². The van der Waals surface area contributed by atoms with Crippen molar-refractivity contribution in [1.82, 2.24) is 9.62 Å². The van der Waals surface area contributed by atoms with Crippen LogP contribution in [-0.4, -0.2) is 38.4 Å². The molecule has 0 aliphatic carbocycles. The Labute approximate surface area is 129 Å². The molecule has 110 valence electrons. The Balaban J connectivity index is 1.86. The summed E-state index contributed by atoms with van der Waals surface area (Å²) < 4.78 is 26.8. The fourth-order valence-corrected chi connectivity index (χ4v) is 4.90. The number of hydrogen-bond donors (Lipinski definition) is 1. The molecule has 2 aliphatic heterocycles. The van der Waals surface area contributed by atoms with Gasteiger partial charge in [-0.3, -0.25) is 0 Å². The lowest BCUT2D eigenvalue weighted by Gasteiger charge is -2.24. The molecular weight excluding hydrogens is 319 g/mol. The molecule has 1 N–H and O–H groups in total. The lowest BCUT2D eigenvalue weighted by Crippen LogP contribution is -2.41. The first-order valence-corrected chi connectivity index (χ1v) is 8.86. The highest BCUT2D eigenvalue weighted by atomic mass is 35.5. The highest BCUT2D eigenvalue weighted by Gasteiger charge is 2.40. The first-order valence-electron chi connectivity index (χ1n) is 6.67. The van der Waals surface area contributed by atoms with Crippen molar-refractivity contribution in [3.63, 3.8) is 0 Å². The third-order valence-electron chi connectivity index (χ3n) is 4.09. The average Bonchev–Trinajstić information content (AvgIpc) is 2.86.